The smallest absolute Gasteiger partial charge is 0.274 e. The summed E-state index contributed by atoms with van der Waals surface area (Å²) in [4.78, 5) is 88.0. The number of anilines is 2. The first kappa shape index (κ1) is 37.2. The first-order valence-corrected chi connectivity index (χ1v) is 17.0. The van der Waals surface area contributed by atoms with E-state index < -0.39 is 41.5 Å². The zero-order valence-electron chi connectivity index (χ0n) is 28.6. The third-order valence-corrected chi connectivity index (χ3v) is 8.88. The number of amides is 7. The monoisotopic (exact) mass is 712 g/mol. The number of fused-ring (bicyclic) bond motifs is 1. The van der Waals surface area contributed by atoms with E-state index in [1.165, 1.54) is 25.3 Å². The Balaban J connectivity index is 0.977. The highest BCUT2D eigenvalue weighted by atomic mass is 16.5. The number of piperidine rings is 1. The van der Waals surface area contributed by atoms with E-state index in [1.54, 1.807) is 47.9 Å². The highest BCUT2D eigenvalue weighted by Gasteiger charge is 2.45. The number of benzene rings is 3. The quantitative estimate of drug-likeness (QED) is 0.0550. The first-order chi connectivity index (χ1) is 25.1. The fraction of sp³-hybridized carbons (Fsp3) is 0.324. The van der Waals surface area contributed by atoms with E-state index >= 15 is 0 Å². The van der Waals surface area contributed by atoms with E-state index in [0.29, 0.717) is 36.5 Å². The summed E-state index contributed by atoms with van der Waals surface area (Å²) in [6, 6.07) is 15.0. The number of imide groups is 2. The van der Waals surface area contributed by atoms with Gasteiger partial charge in [-0.1, -0.05) is 37.5 Å². The second kappa shape index (κ2) is 17.2. The summed E-state index contributed by atoms with van der Waals surface area (Å²) in [7, 11) is 1.43. The van der Waals surface area contributed by atoms with Crippen LogP contribution in [0.4, 0.5) is 11.4 Å². The Labute approximate surface area is 299 Å². The van der Waals surface area contributed by atoms with Crippen LogP contribution in [0.25, 0.3) is 0 Å². The Morgan fingerprint density at radius 1 is 0.865 bits per heavy atom. The van der Waals surface area contributed by atoms with Crippen LogP contribution in [0.3, 0.4) is 0 Å². The minimum absolute atomic E-state index is 0.0605. The van der Waals surface area contributed by atoms with E-state index in [1.807, 2.05) is 0 Å². The molecule has 15 heteroatoms. The number of unbranched alkanes of at least 4 members (excludes halogenated alkanes) is 4. The second-order valence-electron chi connectivity index (χ2n) is 12.4. The fourth-order valence-electron chi connectivity index (χ4n) is 6.10. The molecule has 15 nitrogen and oxygen atoms in total. The average Bonchev–Trinajstić information content (AvgIpc) is 3.40. The van der Waals surface area contributed by atoms with Gasteiger partial charge in [0.25, 0.3) is 23.6 Å². The van der Waals surface area contributed by atoms with Gasteiger partial charge in [-0.05, 0) is 67.3 Å². The summed E-state index contributed by atoms with van der Waals surface area (Å²) in [6.07, 6.45) is 4.75. The number of methoxy groups -OCH3 is 1. The van der Waals surface area contributed by atoms with Crippen molar-refractivity contribution in [3.63, 3.8) is 0 Å². The van der Waals surface area contributed by atoms with Gasteiger partial charge in [-0.15, -0.1) is 0 Å². The topological polar surface area (TPSA) is 212 Å². The predicted molar refractivity (Wildman–Crippen MR) is 188 cm³/mol. The van der Waals surface area contributed by atoms with Gasteiger partial charge in [0.2, 0.25) is 17.7 Å². The number of nitrogens with zero attached hydrogens (tertiary/aromatic N) is 1. The molecule has 0 bridgehead atoms. The maximum absolute atomic E-state index is 13.2. The Morgan fingerprint density at radius 2 is 1.60 bits per heavy atom. The van der Waals surface area contributed by atoms with Gasteiger partial charge in [0.05, 0.1) is 23.9 Å². The molecular weight excluding hydrogens is 672 g/mol. The lowest BCUT2D eigenvalue weighted by Gasteiger charge is -2.27. The van der Waals surface area contributed by atoms with Crippen LogP contribution in [-0.4, -0.2) is 71.2 Å². The largest absolute Gasteiger partial charge is 0.495 e. The molecular formula is C37H40N6O9. The number of carbonyl (C=O) groups excluding carboxylic acids is 7. The molecule has 7 amide bonds. The number of rotatable bonds is 16. The molecule has 3 aromatic carbocycles. The van der Waals surface area contributed by atoms with Crippen molar-refractivity contribution in [1.82, 2.24) is 21.0 Å². The number of nitrogens with one attached hydrogen (secondary N) is 5. The molecule has 0 aliphatic carbocycles. The summed E-state index contributed by atoms with van der Waals surface area (Å²) < 4.78 is 5.25. The van der Waals surface area contributed by atoms with E-state index in [0.717, 1.165) is 42.6 Å². The van der Waals surface area contributed by atoms with Gasteiger partial charge in [0, 0.05) is 42.7 Å². The van der Waals surface area contributed by atoms with Crippen molar-refractivity contribution in [3.8, 4) is 5.75 Å². The molecule has 2 aliphatic heterocycles. The van der Waals surface area contributed by atoms with Crippen LogP contribution in [0.5, 0.6) is 5.75 Å². The Morgan fingerprint density at radius 3 is 2.33 bits per heavy atom. The lowest BCUT2D eigenvalue weighted by molar-refractivity contribution is -0.136. The van der Waals surface area contributed by atoms with Crippen molar-refractivity contribution in [2.24, 2.45) is 0 Å². The summed E-state index contributed by atoms with van der Waals surface area (Å²) >= 11 is 0. The number of hydrogen-bond acceptors (Lipinski definition) is 10. The highest BCUT2D eigenvalue weighted by Crippen LogP contribution is 2.32. The number of hydroxylamine groups is 1. The third-order valence-electron chi connectivity index (χ3n) is 8.88. The van der Waals surface area contributed by atoms with Gasteiger partial charge in [-0.2, -0.15) is 0 Å². The highest BCUT2D eigenvalue weighted by molar-refractivity contribution is 6.25. The molecule has 3 aromatic rings. The third kappa shape index (κ3) is 8.79. The van der Waals surface area contributed by atoms with Crippen LogP contribution in [0, 0.1) is 0 Å². The van der Waals surface area contributed by atoms with E-state index in [4.69, 9.17) is 9.94 Å². The van der Waals surface area contributed by atoms with E-state index in [9.17, 15) is 33.6 Å². The average molecular weight is 713 g/mol. The minimum Gasteiger partial charge on any atom is -0.495 e. The van der Waals surface area contributed by atoms with Crippen LogP contribution >= 0.6 is 0 Å². The molecule has 0 saturated carbocycles. The molecule has 2 heterocycles. The van der Waals surface area contributed by atoms with E-state index in [2.05, 4.69) is 21.3 Å². The zero-order valence-corrected chi connectivity index (χ0v) is 28.6. The fourth-order valence-corrected chi connectivity index (χ4v) is 6.10. The minimum atomic E-state index is -1.01. The van der Waals surface area contributed by atoms with Crippen LogP contribution in [0.2, 0.25) is 0 Å². The predicted octanol–water partition coefficient (Wildman–Crippen LogP) is 3.54. The van der Waals surface area contributed by atoms with Crippen molar-refractivity contribution >= 4 is 52.7 Å². The van der Waals surface area contributed by atoms with Crippen LogP contribution in [0.15, 0.2) is 60.7 Å². The second-order valence-corrected chi connectivity index (χ2v) is 12.4. The molecule has 6 N–H and O–H groups in total. The summed E-state index contributed by atoms with van der Waals surface area (Å²) in [6.45, 7) is 0.878. The molecule has 2 aliphatic rings. The van der Waals surface area contributed by atoms with Gasteiger partial charge >= 0.3 is 0 Å². The van der Waals surface area contributed by atoms with Gasteiger partial charge in [-0.3, -0.25) is 49.0 Å². The summed E-state index contributed by atoms with van der Waals surface area (Å²) in [5.41, 5.74) is 4.11. The maximum Gasteiger partial charge on any atom is 0.274 e. The zero-order chi connectivity index (χ0) is 37.2. The standard InChI is InChI=1S/C37H40N6O9/c1-52-29-17-15-24(34(47)42-51)20-27(29)40-33(46)23-13-11-22(12-14-23)21-39-30(44)10-5-3-2-4-6-19-38-26-9-7-8-25-32(26)37(50)43(36(25)49)28-16-18-31(45)41-35(28)48/h7-9,11-15,17,20,28,38,51H,2-6,10,16,18-19,21H2,1H3,(H,39,44)(H,40,46)(H,42,47)(H,41,45,48). The van der Waals surface area contributed by atoms with Crippen molar-refractivity contribution in [3.05, 3.63) is 88.5 Å². The Bertz CT molecular complexity index is 1880. The molecule has 1 saturated heterocycles. The summed E-state index contributed by atoms with van der Waals surface area (Å²) in [5.74, 6) is -3.06. The van der Waals surface area contributed by atoms with Crippen LogP contribution < -0.4 is 31.5 Å². The van der Waals surface area contributed by atoms with Crippen molar-refractivity contribution in [2.45, 2.75) is 64.0 Å². The van der Waals surface area contributed by atoms with Gasteiger partial charge < -0.3 is 20.7 Å². The maximum atomic E-state index is 13.2. The van der Waals surface area contributed by atoms with Crippen molar-refractivity contribution in [1.29, 1.82) is 0 Å². The Kier molecular flexibility index (Phi) is 12.3. The molecule has 52 heavy (non-hydrogen) atoms. The molecule has 272 valence electrons. The van der Waals surface area contributed by atoms with Gasteiger partial charge in [0.1, 0.15) is 11.8 Å². The lowest BCUT2D eigenvalue weighted by atomic mass is 10.0. The lowest BCUT2D eigenvalue weighted by Crippen LogP contribution is -2.54. The van der Waals surface area contributed by atoms with Crippen molar-refractivity contribution < 1.29 is 43.5 Å². The Hall–Kier alpha value is -6.09. The molecule has 0 aromatic heterocycles. The first-order valence-electron chi connectivity index (χ1n) is 17.0. The molecule has 1 fully saturated rings. The van der Waals surface area contributed by atoms with Gasteiger partial charge in [-0.25, -0.2) is 5.48 Å². The van der Waals surface area contributed by atoms with Gasteiger partial charge in [0.15, 0.2) is 0 Å². The number of ether oxygens (including phenoxy) is 1. The normalized spacial score (nSPS) is 15.1. The summed E-state index contributed by atoms with van der Waals surface area (Å²) in [5, 5.41) is 19.9. The number of carbonyl (C=O) groups is 7. The van der Waals surface area contributed by atoms with E-state index in [-0.39, 0.29) is 41.1 Å². The van der Waals surface area contributed by atoms with Crippen LogP contribution in [-0.2, 0) is 20.9 Å². The molecule has 1 unspecified atom stereocenters. The molecule has 5 rings (SSSR count). The molecule has 1 atom stereocenters. The molecule has 0 spiro atoms. The SMILES string of the molecule is COc1ccc(C(=O)NO)cc1NC(=O)c1ccc(CNC(=O)CCCCCCCNc2cccc3c2C(=O)N(C2CCC(=O)NC2=O)C3=O)cc1. The van der Waals surface area contributed by atoms with Crippen molar-refractivity contribution in [2.75, 3.05) is 24.3 Å². The molecule has 0 radical (unpaired) electrons. The number of hydrogen-bond donors (Lipinski definition) is 6. The van der Waals surface area contributed by atoms with Crippen LogP contribution in [0.1, 0.15) is 98.4 Å².